The molecule has 6 nitrogen and oxygen atoms in total. The highest BCUT2D eigenvalue weighted by Gasteiger charge is 2.36. The summed E-state index contributed by atoms with van der Waals surface area (Å²) in [6, 6.07) is 5.40. The lowest BCUT2D eigenvalue weighted by Crippen LogP contribution is -2.54. The predicted octanol–water partition coefficient (Wildman–Crippen LogP) is 1.37. The molecule has 0 aromatic heterocycles. The van der Waals surface area contributed by atoms with Crippen molar-refractivity contribution in [3.05, 3.63) is 41.1 Å². The second-order valence-electron chi connectivity index (χ2n) is 4.38. The van der Waals surface area contributed by atoms with Crippen LogP contribution in [0.15, 0.2) is 36.0 Å². The van der Waals surface area contributed by atoms with Gasteiger partial charge in [0.15, 0.2) is 0 Å². The van der Waals surface area contributed by atoms with Gasteiger partial charge in [-0.2, -0.15) is 0 Å². The van der Waals surface area contributed by atoms with Crippen LogP contribution in [0.1, 0.15) is 0 Å². The summed E-state index contributed by atoms with van der Waals surface area (Å²) in [5.41, 5.74) is 0.235. The average Bonchev–Trinajstić information content (AvgIpc) is 2.36. The number of imide groups is 2. The Morgan fingerprint density at radius 3 is 2.30 bits per heavy atom. The third-order valence-electron chi connectivity index (χ3n) is 2.57. The van der Waals surface area contributed by atoms with E-state index < -0.39 is 17.8 Å². The summed E-state index contributed by atoms with van der Waals surface area (Å²) < 4.78 is 0. The van der Waals surface area contributed by atoms with Crippen LogP contribution in [0.5, 0.6) is 0 Å². The predicted molar refractivity (Wildman–Crippen MR) is 74.2 cm³/mol. The first-order valence-electron chi connectivity index (χ1n) is 5.73. The number of nitrogens with one attached hydrogen (secondary N) is 1. The smallest absolute Gasteiger partial charge is 0.335 e. The second kappa shape index (κ2) is 5.34. The van der Waals surface area contributed by atoms with Crippen LogP contribution in [0.25, 0.3) is 0 Å². The number of urea groups is 1. The van der Waals surface area contributed by atoms with Crippen molar-refractivity contribution in [3.8, 4) is 0 Å². The quantitative estimate of drug-likeness (QED) is 0.660. The van der Waals surface area contributed by atoms with Crippen LogP contribution in [0.2, 0.25) is 5.02 Å². The molecule has 0 saturated carbocycles. The molecule has 1 heterocycles. The second-order valence-corrected chi connectivity index (χ2v) is 4.82. The summed E-state index contributed by atoms with van der Waals surface area (Å²) in [4.78, 5) is 38.3. The summed E-state index contributed by atoms with van der Waals surface area (Å²) in [6.45, 7) is 0. The zero-order chi connectivity index (χ0) is 14.9. The lowest BCUT2D eigenvalue weighted by Gasteiger charge is -2.26. The van der Waals surface area contributed by atoms with Crippen LogP contribution in [-0.2, 0) is 9.59 Å². The molecule has 1 aliphatic heterocycles. The normalized spacial score (nSPS) is 17.4. The van der Waals surface area contributed by atoms with Crippen molar-refractivity contribution in [2.75, 3.05) is 19.0 Å². The van der Waals surface area contributed by atoms with Crippen molar-refractivity contribution in [1.82, 2.24) is 10.2 Å². The lowest BCUT2D eigenvalue weighted by molar-refractivity contribution is -0.122. The van der Waals surface area contributed by atoms with E-state index in [0.29, 0.717) is 10.7 Å². The molecule has 1 saturated heterocycles. The fourth-order valence-corrected chi connectivity index (χ4v) is 1.85. The summed E-state index contributed by atoms with van der Waals surface area (Å²) in [5.74, 6) is -1.38. The molecule has 0 radical (unpaired) electrons. The van der Waals surface area contributed by atoms with E-state index >= 15 is 0 Å². The van der Waals surface area contributed by atoms with E-state index in [9.17, 15) is 14.4 Å². The molecule has 0 atom stereocenters. The van der Waals surface area contributed by atoms with Gasteiger partial charge < -0.3 is 4.90 Å². The van der Waals surface area contributed by atoms with E-state index in [1.807, 2.05) is 0 Å². The molecule has 0 aliphatic carbocycles. The molecule has 0 spiro atoms. The number of hydrogen-bond donors (Lipinski definition) is 1. The van der Waals surface area contributed by atoms with E-state index in [1.54, 1.807) is 31.1 Å². The van der Waals surface area contributed by atoms with Gasteiger partial charge in [-0.25, -0.2) is 9.69 Å². The molecule has 0 bridgehead atoms. The van der Waals surface area contributed by atoms with Crippen molar-refractivity contribution in [2.24, 2.45) is 0 Å². The van der Waals surface area contributed by atoms with Gasteiger partial charge in [-0.1, -0.05) is 11.6 Å². The van der Waals surface area contributed by atoms with E-state index in [4.69, 9.17) is 11.6 Å². The monoisotopic (exact) mass is 293 g/mol. The SMILES string of the molecule is CN(C)/C=C1/C(=O)NC(=O)N(c2ccc(Cl)cc2)C1=O. The first kappa shape index (κ1) is 14.1. The molecular weight excluding hydrogens is 282 g/mol. The van der Waals surface area contributed by atoms with Gasteiger partial charge in [-0.3, -0.25) is 14.9 Å². The Kier molecular flexibility index (Phi) is 3.76. The molecular formula is C13H12ClN3O3. The summed E-state index contributed by atoms with van der Waals surface area (Å²) in [6.07, 6.45) is 1.37. The maximum Gasteiger partial charge on any atom is 0.335 e. The van der Waals surface area contributed by atoms with Gasteiger partial charge in [0.25, 0.3) is 11.8 Å². The fraction of sp³-hybridized carbons (Fsp3) is 0.154. The van der Waals surface area contributed by atoms with Crippen molar-refractivity contribution < 1.29 is 14.4 Å². The molecule has 1 fully saturated rings. The van der Waals surface area contributed by atoms with E-state index in [2.05, 4.69) is 5.32 Å². The number of benzene rings is 1. The average molecular weight is 294 g/mol. The van der Waals surface area contributed by atoms with Crippen LogP contribution < -0.4 is 10.2 Å². The maximum atomic E-state index is 12.3. The number of amides is 4. The van der Waals surface area contributed by atoms with Crippen molar-refractivity contribution in [3.63, 3.8) is 0 Å². The van der Waals surface area contributed by atoms with Crippen LogP contribution in [0.4, 0.5) is 10.5 Å². The molecule has 1 aliphatic rings. The highest BCUT2D eigenvalue weighted by Crippen LogP contribution is 2.22. The first-order chi connectivity index (χ1) is 9.40. The van der Waals surface area contributed by atoms with Gasteiger partial charge in [-0.15, -0.1) is 0 Å². The Morgan fingerprint density at radius 2 is 1.75 bits per heavy atom. The van der Waals surface area contributed by atoms with Crippen LogP contribution >= 0.6 is 11.6 Å². The number of barbiturate groups is 1. The van der Waals surface area contributed by atoms with Crippen LogP contribution in [0, 0.1) is 0 Å². The topological polar surface area (TPSA) is 69.7 Å². The minimum Gasteiger partial charge on any atom is -0.383 e. The fourth-order valence-electron chi connectivity index (χ4n) is 1.73. The molecule has 104 valence electrons. The molecule has 1 aromatic rings. The van der Waals surface area contributed by atoms with Gasteiger partial charge in [0.05, 0.1) is 5.69 Å². The Bertz CT molecular complexity index is 608. The number of carbonyl (C=O) groups excluding carboxylic acids is 3. The number of carbonyl (C=O) groups is 3. The van der Waals surface area contributed by atoms with E-state index in [1.165, 1.54) is 18.3 Å². The maximum absolute atomic E-state index is 12.3. The van der Waals surface area contributed by atoms with Gasteiger partial charge in [0, 0.05) is 25.3 Å². The Hall–Kier alpha value is -2.34. The van der Waals surface area contributed by atoms with Gasteiger partial charge in [-0.05, 0) is 24.3 Å². The van der Waals surface area contributed by atoms with Crippen molar-refractivity contribution in [1.29, 1.82) is 0 Å². The number of hydrogen-bond acceptors (Lipinski definition) is 4. The zero-order valence-corrected chi connectivity index (χ0v) is 11.6. The van der Waals surface area contributed by atoms with E-state index in [0.717, 1.165) is 4.90 Å². The minimum absolute atomic E-state index is 0.107. The third-order valence-corrected chi connectivity index (χ3v) is 2.83. The van der Waals surface area contributed by atoms with Crippen LogP contribution in [-0.4, -0.2) is 36.8 Å². The Morgan fingerprint density at radius 1 is 1.15 bits per heavy atom. The van der Waals surface area contributed by atoms with Crippen molar-refractivity contribution in [2.45, 2.75) is 0 Å². The zero-order valence-electron chi connectivity index (χ0n) is 10.9. The van der Waals surface area contributed by atoms with E-state index in [-0.39, 0.29) is 5.57 Å². The summed E-state index contributed by atoms with van der Waals surface area (Å²) in [5, 5.41) is 2.61. The molecule has 7 heteroatoms. The van der Waals surface area contributed by atoms with Gasteiger partial charge >= 0.3 is 6.03 Å². The molecule has 20 heavy (non-hydrogen) atoms. The Labute approximate surface area is 120 Å². The van der Waals surface area contributed by atoms with Crippen molar-refractivity contribution >= 4 is 35.1 Å². The summed E-state index contributed by atoms with van der Waals surface area (Å²) in [7, 11) is 3.35. The molecule has 2 rings (SSSR count). The standard InChI is InChI=1S/C13H12ClN3O3/c1-16(2)7-10-11(18)15-13(20)17(12(10)19)9-5-3-8(14)4-6-9/h3-7H,1-2H3,(H,15,18,20)/b10-7-. The first-order valence-corrected chi connectivity index (χ1v) is 6.11. The highest BCUT2D eigenvalue weighted by atomic mass is 35.5. The lowest BCUT2D eigenvalue weighted by atomic mass is 10.1. The molecule has 1 aromatic carbocycles. The molecule has 1 N–H and O–H groups in total. The van der Waals surface area contributed by atoms with Crippen LogP contribution in [0.3, 0.4) is 0 Å². The van der Waals surface area contributed by atoms with Gasteiger partial charge in [0.2, 0.25) is 0 Å². The minimum atomic E-state index is -0.779. The highest BCUT2D eigenvalue weighted by molar-refractivity contribution is 6.37. The largest absolute Gasteiger partial charge is 0.383 e. The molecule has 4 amide bonds. The molecule has 0 unspecified atom stereocenters. The number of halogens is 1. The number of rotatable bonds is 2. The third kappa shape index (κ3) is 2.65. The number of nitrogens with zero attached hydrogens (tertiary/aromatic N) is 2. The Balaban J connectivity index is 2.42. The summed E-state index contributed by atoms with van der Waals surface area (Å²) >= 11 is 5.77. The number of anilines is 1. The van der Waals surface area contributed by atoms with Gasteiger partial charge in [0.1, 0.15) is 5.57 Å².